The molecule has 0 aliphatic heterocycles. The quantitative estimate of drug-likeness (QED) is 0.831. The van der Waals surface area contributed by atoms with Crippen LogP contribution in [0.5, 0.6) is 0 Å². The second-order valence-electron chi connectivity index (χ2n) is 3.34. The Hall–Kier alpha value is -1.09. The summed E-state index contributed by atoms with van der Waals surface area (Å²) in [5, 5.41) is 10.1. The van der Waals surface area contributed by atoms with Gasteiger partial charge in [-0.2, -0.15) is 0 Å². The maximum Gasteiger partial charge on any atom is 0.134 e. The highest BCUT2D eigenvalue weighted by molar-refractivity contribution is 6.30. The van der Waals surface area contributed by atoms with Crippen LogP contribution in [0.15, 0.2) is 36.5 Å². The third-order valence-corrected chi connectivity index (χ3v) is 2.85. The van der Waals surface area contributed by atoms with Gasteiger partial charge in [-0.25, -0.2) is 4.98 Å². The van der Waals surface area contributed by atoms with E-state index < -0.39 is 0 Å². The largest absolute Gasteiger partial charge is 0.392 e. The second kappa shape index (κ2) is 4.83. The van der Waals surface area contributed by atoms with Gasteiger partial charge in [-0.1, -0.05) is 35.3 Å². The van der Waals surface area contributed by atoms with Gasteiger partial charge >= 0.3 is 0 Å². The van der Waals surface area contributed by atoms with E-state index in [1.54, 1.807) is 6.20 Å². The lowest BCUT2D eigenvalue weighted by molar-refractivity contribution is 0.281. The number of halogens is 2. The van der Waals surface area contributed by atoms with E-state index in [1.807, 2.05) is 30.3 Å². The first-order valence-electron chi connectivity index (χ1n) is 4.72. The summed E-state index contributed by atoms with van der Waals surface area (Å²) < 4.78 is 0. The van der Waals surface area contributed by atoms with E-state index in [-0.39, 0.29) is 6.61 Å². The standard InChI is InChI=1S/C12H9Cl2NO/c13-11-3-1-8(2-4-11)9-5-10(7-16)12(14)15-6-9/h1-6,16H,7H2. The van der Waals surface area contributed by atoms with Crippen molar-refractivity contribution in [2.24, 2.45) is 0 Å². The van der Waals surface area contributed by atoms with Gasteiger partial charge in [-0.3, -0.25) is 0 Å². The molecular formula is C12H9Cl2NO. The van der Waals surface area contributed by atoms with Crippen molar-refractivity contribution in [2.75, 3.05) is 0 Å². The molecule has 0 radical (unpaired) electrons. The highest BCUT2D eigenvalue weighted by atomic mass is 35.5. The van der Waals surface area contributed by atoms with Crippen LogP contribution in [0, 0.1) is 0 Å². The second-order valence-corrected chi connectivity index (χ2v) is 4.13. The van der Waals surface area contributed by atoms with Crippen LogP contribution in [0.3, 0.4) is 0 Å². The molecule has 1 N–H and O–H groups in total. The summed E-state index contributed by atoms with van der Waals surface area (Å²) >= 11 is 11.6. The van der Waals surface area contributed by atoms with Crippen molar-refractivity contribution in [3.05, 3.63) is 52.3 Å². The molecule has 2 nitrogen and oxygen atoms in total. The zero-order chi connectivity index (χ0) is 11.5. The molecule has 0 atom stereocenters. The molecule has 0 saturated carbocycles. The monoisotopic (exact) mass is 253 g/mol. The molecule has 0 aliphatic rings. The average molecular weight is 254 g/mol. The number of aliphatic hydroxyl groups is 1. The maximum absolute atomic E-state index is 9.09. The minimum atomic E-state index is -0.118. The van der Waals surface area contributed by atoms with Gasteiger partial charge < -0.3 is 5.11 Å². The predicted octanol–water partition coefficient (Wildman–Crippen LogP) is 3.55. The number of hydrogen-bond acceptors (Lipinski definition) is 2. The molecule has 1 aromatic carbocycles. The highest BCUT2D eigenvalue weighted by Crippen LogP contribution is 2.24. The third-order valence-electron chi connectivity index (χ3n) is 2.26. The van der Waals surface area contributed by atoms with Crippen molar-refractivity contribution in [2.45, 2.75) is 6.61 Å². The smallest absolute Gasteiger partial charge is 0.134 e. The maximum atomic E-state index is 9.09. The average Bonchev–Trinajstić information content (AvgIpc) is 2.31. The van der Waals surface area contributed by atoms with E-state index in [2.05, 4.69) is 4.98 Å². The van der Waals surface area contributed by atoms with Gasteiger partial charge in [0.1, 0.15) is 5.15 Å². The first-order chi connectivity index (χ1) is 7.70. The summed E-state index contributed by atoms with van der Waals surface area (Å²) in [5.41, 5.74) is 2.52. The molecule has 16 heavy (non-hydrogen) atoms. The Morgan fingerprint density at radius 3 is 2.38 bits per heavy atom. The molecule has 0 spiro atoms. The molecule has 1 aromatic heterocycles. The lowest BCUT2D eigenvalue weighted by Gasteiger charge is -2.05. The number of aromatic nitrogens is 1. The number of benzene rings is 1. The minimum Gasteiger partial charge on any atom is -0.392 e. The van der Waals surface area contributed by atoms with Crippen molar-refractivity contribution >= 4 is 23.2 Å². The Balaban J connectivity index is 2.44. The Labute approximate surface area is 103 Å². The third kappa shape index (κ3) is 2.35. The zero-order valence-electron chi connectivity index (χ0n) is 8.32. The van der Waals surface area contributed by atoms with Crippen LogP contribution in [-0.2, 0) is 6.61 Å². The van der Waals surface area contributed by atoms with Crippen molar-refractivity contribution < 1.29 is 5.11 Å². The van der Waals surface area contributed by atoms with E-state index >= 15 is 0 Å². The van der Waals surface area contributed by atoms with Crippen LogP contribution in [0.25, 0.3) is 11.1 Å². The molecule has 0 saturated heterocycles. The Morgan fingerprint density at radius 1 is 1.06 bits per heavy atom. The SMILES string of the molecule is OCc1cc(-c2ccc(Cl)cc2)cnc1Cl. The van der Waals surface area contributed by atoms with Crippen LogP contribution in [-0.4, -0.2) is 10.1 Å². The molecule has 0 amide bonds. The fourth-order valence-electron chi connectivity index (χ4n) is 1.40. The van der Waals surface area contributed by atoms with Crippen molar-refractivity contribution in [3.63, 3.8) is 0 Å². The molecule has 2 rings (SSSR count). The summed E-state index contributed by atoms with van der Waals surface area (Å²) in [7, 11) is 0. The molecule has 4 heteroatoms. The van der Waals surface area contributed by atoms with Gasteiger partial charge in [0.05, 0.1) is 6.61 Å². The molecule has 82 valence electrons. The van der Waals surface area contributed by atoms with Crippen LogP contribution >= 0.6 is 23.2 Å². The Bertz CT molecular complexity index is 497. The fraction of sp³-hybridized carbons (Fsp3) is 0.0833. The number of rotatable bonds is 2. The van der Waals surface area contributed by atoms with Gasteiger partial charge in [-0.05, 0) is 23.8 Å². The highest BCUT2D eigenvalue weighted by Gasteiger charge is 2.04. The first kappa shape index (κ1) is 11.4. The Kier molecular flexibility index (Phi) is 3.44. The normalized spacial score (nSPS) is 10.4. The van der Waals surface area contributed by atoms with Gasteiger partial charge in [0.15, 0.2) is 0 Å². The zero-order valence-corrected chi connectivity index (χ0v) is 9.83. The lowest BCUT2D eigenvalue weighted by atomic mass is 10.1. The number of nitrogens with zero attached hydrogens (tertiary/aromatic N) is 1. The molecular weight excluding hydrogens is 245 g/mol. The van der Waals surface area contributed by atoms with Crippen LogP contribution in [0.2, 0.25) is 10.2 Å². The van der Waals surface area contributed by atoms with Crippen LogP contribution in [0.1, 0.15) is 5.56 Å². The summed E-state index contributed by atoms with van der Waals surface area (Å²) in [6.45, 7) is -0.118. The topological polar surface area (TPSA) is 33.1 Å². The first-order valence-corrected chi connectivity index (χ1v) is 5.47. The fourth-order valence-corrected chi connectivity index (χ4v) is 1.69. The van der Waals surface area contributed by atoms with E-state index in [9.17, 15) is 0 Å². The predicted molar refractivity (Wildman–Crippen MR) is 65.6 cm³/mol. The van der Waals surface area contributed by atoms with E-state index in [0.717, 1.165) is 11.1 Å². The molecule has 0 aliphatic carbocycles. The lowest BCUT2D eigenvalue weighted by Crippen LogP contribution is -1.90. The van der Waals surface area contributed by atoms with Crippen LogP contribution < -0.4 is 0 Å². The molecule has 0 fully saturated rings. The number of aliphatic hydroxyl groups excluding tert-OH is 1. The summed E-state index contributed by atoms with van der Waals surface area (Å²) in [5.74, 6) is 0. The summed E-state index contributed by atoms with van der Waals surface area (Å²) in [6, 6.07) is 9.23. The van der Waals surface area contributed by atoms with E-state index in [0.29, 0.717) is 15.7 Å². The van der Waals surface area contributed by atoms with E-state index in [4.69, 9.17) is 28.3 Å². The van der Waals surface area contributed by atoms with Crippen LogP contribution in [0.4, 0.5) is 0 Å². The molecule has 2 aromatic rings. The van der Waals surface area contributed by atoms with Gasteiger partial charge in [0.2, 0.25) is 0 Å². The number of hydrogen-bond donors (Lipinski definition) is 1. The summed E-state index contributed by atoms with van der Waals surface area (Å²) in [6.07, 6.45) is 1.67. The van der Waals surface area contributed by atoms with Crippen molar-refractivity contribution in [1.29, 1.82) is 0 Å². The minimum absolute atomic E-state index is 0.118. The molecule has 1 heterocycles. The van der Waals surface area contributed by atoms with Gasteiger partial charge in [0.25, 0.3) is 0 Å². The van der Waals surface area contributed by atoms with Gasteiger partial charge in [-0.15, -0.1) is 0 Å². The number of pyridine rings is 1. The summed E-state index contributed by atoms with van der Waals surface area (Å²) in [4.78, 5) is 4.02. The van der Waals surface area contributed by atoms with Crippen molar-refractivity contribution in [3.8, 4) is 11.1 Å². The van der Waals surface area contributed by atoms with E-state index in [1.165, 1.54) is 0 Å². The molecule has 0 unspecified atom stereocenters. The molecule has 0 bridgehead atoms. The van der Waals surface area contributed by atoms with Crippen molar-refractivity contribution in [1.82, 2.24) is 4.98 Å². The van der Waals surface area contributed by atoms with Gasteiger partial charge in [0, 0.05) is 22.3 Å². The Morgan fingerprint density at radius 2 is 1.75 bits per heavy atom.